The normalized spacial score (nSPS) is 39.0. The topological polar surface area (TPSA) is 292 Å². The zero-order chi connectivity index (χ0) is 60.6. The van der Waals surface area contributed by atoms with E-state index in [1.165, 1.54) is 25.0 Å². The fourth-order valence-corrected chi connectivity index (χ4v) is 12.7. The van der Waals surface area contributed by atoms with Crippen molar-refractivity contribution in [3.8, 4) is 0 Å². The van der Waals surface area contributed by atoms with Crippen molar-refractivity contribution in [3.63, 3.8) is 0 Å². The summed E-state index contributed by atoms with van der Waals surface area (Å²) in [5.41, 5.74) is 2.76. The van der Waals surface area contributed by atoms with E-state index < -0.39 is 132 Å². The number of alkyl carbamates (subject to hydrolysis) is 1. The molecule has 20 atom stereocenters. The van der Waals surface area contributed by atoms with Crippen LogP contribution in [0.5, 0.6) is 0 Å². The summed E-state index contributed by atoms with van der Waals surface area (Å²) in [6, 6.07) is 3.53. The average molecular weight is 1170 g/mol. The van der Waals surface area contributed by atoms with Crippen molar-refractivity contribution >= 4 is 35.4 Å². The number of nitrogens with two attached hydrogens (primary N) is 1. The molecule has 3 amide bonds. The Kier molecular flexibility index (Phi) is 23.6. The number of rotatable bonds is 18. The molecule has 1 aromatic rings. The number of anilines is 2. The third-order valence-electron chi connectivity index (χ3n) is 17.7. The van der Waals surface area contributed by atoms with Crippen molar-refractivity contribution < 1.29 is 86.6 Å². The monoisotopic (exact) mass is 1170 g/mol. The molecule has 82 heavy (non-hydrogen) atoms. The molecule has 6 rings (SSSR count). The van der Waals surface area contributed by atoms with Crippen LogP contribution in [0.3, 0.4) is 0 Å². The minimum absolute atomic E-state index is 0.000435. The molecule has 0 aliphatic carbocycles. The molecular formula is C58H97FN6O17. The van der Waals surface area contributed by atoms with E-state index in [1.54, 1.807) is 60.6 Å². The third kappa shape index (κ3) is 16.3. The number of halogens is 1. The molecule has 5 saturated heterocycles. The maximum atomic E-state index is 15.1. The van der Waals surface area contributed by atoms with Crippen LogP contribution in [0.2, 0.25) is 0 Å². The number of benzene rings is 1. The van der Waals surface area contributed by atoms with Gasteiger partial charge in [0.2, 0.25) is 5.91 Å². The van der Waals surface area contributed by atoms with Crippen LogP contribution in [0.4, 0.5) is 25.4 Å². The van der Waals surface area contributed by atoms with Gasteiger partial charge in [-0.15, -0.1) is 0 Å². The second-order valence-electron chi connectivity index (χ2n) is 24.6. The predicted molar refractivity (Wildman–Crippen MR) is 300 cm³/mol. The number of ether oxygens (including phenoxy) is 9. The number of aliphatic hydroxyl groups is 4. The minimum atomic E-state index is -1.93. The van der Waals surface area contributed by atoms with Crippen LogP contribution in [0.1, 0.15) is 121 Å². The Morgan fingerprint density at radius 3 is 2.26 bits per heavy atom. The molecule has 1 aromatic carbocycles. The number of nitrogens with zero attached hydrogens (tertiary/aromatic N) is 3. The standard InChI is InChI=1S/C58H97FN6O17/c1-14-43-58(10,73)49(68)34(4)46(60)32(2)28-56(8,72)50(81-53-47(67)42(63(11)12)26-33(3)76-53)35(5)48(36(6)52(69)79-43)80-45-29-57(9,74-13)51(37(7)77-45)82-54(70)61-21-17-15-16-18-44(66)62-30-39-31-65(55(71)78-39)38-19-20-41(40(59)27-38)64-22-24-75-25-23-64/h19-20,27,32-37,39,42-43,45-51,53,67-68,72-73H,14-18,21-26,28-31,60H2,1-13H3,(H,61,70)(H,62,66)/t32-,33-,34+,35+,36-,37+,39+,42+,43-,45+,46+,47-,48+,49-,50-,51+,53+,56-,57-,58-/m1/s1. The van der Waals surface area contributed by atoms with Gasteiger partial charge in [0.1, 0.15) is 35.3 Å². The Hall–Kier alpha value is -4.05. The zero-order valence-electron chi connectivity index (χ0n) is 50.5. The zero-order valence-corrected chi connectivity index (χ0v) is 50.5. The van der Waals surface area contributed by atoms with Crippen LogP contribution in [-0.4, -0.2) is 213 Å². The fourth-order valence-electron chi connectivity index (χ4n) is 12.7. The fraction of sp³-hybridized carbons (Fsp3) is 0.828. The Bertz CT molecular complexity index is 2260. The van der Waals surface area contributed by atoms with E-state index in [0.717, 1.165) is 0 Å². The molecule has 5 aliphatic rings. The molecular weight excluding hydrogens is 1070 g/mol. The van der Waals surface area contributed by atoms with E-state index in [2.05, 4.69) is 10.6 Å². The van der Waals surface area contributed by atoms with Crippen LogP contribution in [-0.2, 0) is 52.2 Å². The van der Waals surface area contributed by atoms with Gasteiger partial charge in [0.25, 0.3) is 0 Å². The third-order valence-corrected chi connectivity index (χ3v) is 17.7. The summed E-state index contributed by atoms with van der Waals surface area (Å²) in [4.78, 5) is 58.5. The first-order chi connectivity index (χ1) is 38.5. The Balaban J connectivity index is 1.06. The first-order valence-corrected chi connectivity index (χ1v) is 29.4. The maximum absolute atomic E-state index is 15.1. The lowest BCUT2D eigenvalue weighted by molar-refractivity contribution is -0.318. The average Bonchev–Trinajstić information content (AvgIpc) is 3.98. The van der Waals surface area contributed by atoms with Crippen LogP contribution in [0.25, 0.3) is 0 Å². The molecule has 5 aliphatic heterocycles. The number of likely N-dealkylation sites (N-methyl/N-ethyl adjacent to an activating group) is 1. The smallest absolute Gasteiger partial charge is 0.414 e. The molecule has 5 fully saturated rings. The number of unbranched alkanes of at least 4 members (excludes halogenated alkanes) is 2. The number of aliphatic hydroxyl groups excluding tert-OH is 2. The molecule has 0 spiro atoms. The van der Waals surface area contributed by atoms with Gasteiger partial charge in [-0.05, 0) is 112 Å². The van der Waals surface area contributed by atoms with E-state index in [4.69, 9.17) is 48.4 Å². The van der Waals surface area contributed by atoms with Gasteiger partial charge in [0.15, 0.2) is 18.7 Å². The molecule has 0 radical (unpaired) electrons. The number of morpholine rings is 1. The van der Waals surface area contributed by atoms with E-state index in [9.17, 15) is 39.6 Å². The highest BCUT2D eigenvalue weighted by Gasteiger charge is 2.54. The summed E-state index contributed by atoms with van der Waals surface area (Å²) >= 11 is 0. The number of hydrogen-bond donors (Lipinski definition) is 7. The number of esters is 1. The number of amides is 3. The second kappa shape index (κ2) is 28.9. The Labute approximate surface area is 483 Å². The first-order valence-electron chi connectivity index (χ1n) is 29.4. The molecule has 5 heterocycles. The van der Waals surface area contributed by atoms with Crippen LogP contribution < -0.4 is 26.2 Å². The van der Waals surface area contributed by atoms with Crippen molar-refractivity contribution in [3.05, 3.63) is 24.0 Å². The Morgan fingerprint density at radius 2 is 1.61 bits per heavy atom. The number of nitrogens with one attached hydrogen (secondary N) is 2. The van der Waals surface area contributed by atoms with Gasteiger partial charge in [-0.2, -0.15) is 0 Å². The molecule has 23 nitrogen and oxygen atoms in total. The number of carbonyl (C=O) groups is 4. The quantitative estimate of drug-likeness (QED) is 0.0622. The van der Waals surface area contributed by atoms with E-state index >= 15 is 4.39 Å². The minimum Gasteiger partial charge on any atom is -0.459 e. The maximum Gasteiger partial charge on any atom is 0.414 e. The van der Waals surface area contributed by atoms with Crippen molar-refractivity contribution in [2.45, 2.75) is 217 Å². The molecule has 24 heteroatoms. The summed E-state index contributed by atoms with van der Waals surface area (Å²) in [6.45, 7) is 19.6. The van der Waals surface area contributed by atoms with Gasteiger partial charge < -0.3 is 89.2 Å². The molecule has 0 unspecified atom stereocenters. The largest absolute Gasteiger partial charge is 0.459 e. The second-order valence-corrected chi connectivity index (χ2v) is 24.6. The molecule has 0 bridgehead atoms. The molecule has 0 aromatic heterocycles. The van der Waals surface area contributed by atoms with Gasteiger partial charge in [-0.25, -0.2) is 14.0 Å². The van der Waals surface area contributed by atoms with E-state index in [1.807, 2.05) is 37.7 Å². The van der Waals surface area contributed by atoms with Crippen molar-refractivity contribution in [2.24, 2.45) is 29.4 Å². The molecule has 468 valence electrons. The van der Waals surface area contributed by atoms with Crippen LogP contribution >= 0.6 is 0 Å². The van der Waals surface area contributed by atoms with Gasteiger partial charge in [-0.1, -0.05) is 34.1 Å². The molecule has 0 saturated carbocycles. The highest BCUT2D eigenvalue weighted by molar-refractivity contribution is 5.90. The number of methoxy groups -OCH3 is 1. The van der Waals surface area contributed by atoms with Gasteiger partial charge in [0.05, 0.1) is 79.7 Å². The van der Waals surface area contributed by atoms with Gasteiger partial charge >= 0.3 is 18.2 Å². The van der Waals surface area contributed by atoms with Gasteiger partial charge in [-0.3, -0.25) is 14.5 Å². The first kappa shape index (κ1) is 67.1. The summed E-state index contributed by atoms with van der Waals surface area (Å²) in [7, 11) is 5.18. The van der Waals surface area contributed by atoms with E-state index in [-0.39, 0.29) is 63.4 Å². The predicted octanol–water partition coefficient (Wildman–Crippen LogP) is 3.96. The highest BCUT2D eigenvalue weighted by atomic mass is 19.1. The lowest BCUT2D eigenvalue weighted by atomic mass is 9.72. The SMILES string of the molecule is CC[C@H]1OC(=O)[C@H](C)[C@@H](O[C@H]2C[C@@](C)(OC)[C@@H](OC(=O)NCCCCCC(=O)NC[C@H]3CN(c4ccc(N5CCOCC5)c(F)c4)C(=O)O3)[C@H](C)O2)[C@H](C)[C@@H](O[C@@H]2O[C@H](C)C[C@H](N(C)C)[C@H]2O)[C@](C)(O)C[C@@H](C)[C@H](N)[C@H](C)[C@@H](O)[C@]1(C)O. The van der Waals surface area contributed by atoms with Crippen molar-refractivity contribution in [2.75, 3.05) is 76.9 Å². The van der Waals surface area contributed by atoms with Crippen molar-refractivity contribution in [1.82, 2.24) is 15.5 Å². The lowest BCUT2D eigenvalue weighted by Gasteiger charge is -2.49. The lowest BCUT2D eigenvalue weighted by Crippen LogP contribution is -2.62. The van der Waals surface area contributed by atoms with Gasteiger partial charge in [0, 0.05) is 63.5 Å². The summed E-state index contributed by atoms with van der Waals surface area (Å²) < 4.78 is 70.4. The number of hydrogen-bond acceptors (Lipinski definition) is 20. The molecule has 8 N–H and O–H groups in total. The summed E-state index contributed by atoms with van der Waals surface area (Å²) in [6.07, 6.45) is -9.91. The van der Waals surface area contributed by atoms with E-state index in [0.29, 0.717) is 63.4 Å². The summed E-state index contributed by atoms with van der Waals surface area (Å²) in [5, 5.41) is 53.6. The summed E-state index contributed by atoms with van der Waals surface area (Å²) in [5.74, 6) is -4.64. The van der Waals surface area contributed by atoms with Crippen LogP contribution in [0.15, 0.2) is 18.2 Å². The Morgan fingerprint density at radius 1 is 0.915 bits per heavy atom. The van der Waals surface area contributed by atoms with Crippen molar-refractivity contribution in [1.29, 1.82) is 0 Å². The number of cyclic esters (lactones) is 2. The number of carbonyl (C=O) groups excluding carboxylic acids is 4. The van der Waals surface area contributed by atoms with Crippen LogP contribution in [0, 0.1) is 29.5 Å². The highest BCUT2D eigenvalue weighted by Crippen LogP contribution is 2.42.